The van der Waals surface area contributed by atoms with Crippen LogP contribution in [0.2, 0.25) is 0 Å². The van der Waals surface area contributed by atoms with Gasteiger partial charge in [-0.25, -0.2) is 4.79 Å². The van der Waals surface area contributed by atoms with Gasteiger partial charge in [0, 0.05) is 0 Å². The first-order chi connectivity index (χ1) is 7.51. The van der Waals surface area contributed by atoms with Gasteiger partial charge in [-0.05, 0) is 24.6 Å². The summed E-state index contributed by atoms with van der Waals surface area (Å²) in [6.45, 7) is 1.67. The molecule has 88 valence electrons. The topological polar surface area (TPSA) is 82.1 Å². The lowest BCUT2D eigenvalue weighted by Crippen LogP contribution is -2.12. The van der Waals surface area contributed by atoms with E-state index in [0.29, 0.717) is 5.56 Å². The van der Waals surface area contributed by atoms with E-state index in [1.165, 1.54) is 26.4 Å². The number of carbonyl (C=O) groups excluding carboxylic acids is 1. The normalized spacial score (nSPS) is 9.81. The molecule has 0 radical (unpaired) electrons. The summed E-state index contributed by atoms with van der Waals surface area (Å²) in [7, 11) is 2.60. The molecule has 1 aromatic carbocycles. The van der Waals surface area contributed by atoms with Crippen LogP contribution in [0.1, 0.15) is 15.9 Å². The van der Waals surface area contributed by atoms with E-state index in [2.05, 4.69) is 4.74 Å². The lowest BCUT2D eigenvalue weighted by Gasteiger charge is -2.24. The summed E-state index contributed by atoms with van der Waals surface area (Å²) in [4.78, 5) is 11.3. The molecule has 0 heterocycles. The Hall–Kier alpha value is -1.79. The van der Waals surface area contributed by atoms with Gasteiger partial charge in [-0.1, -0.05) is 0 Å². The molecular formula is C10H12NO5-. The first-order valence-corrected chi connectivity index (χ1v) is 4.44. The van der Waals surface area contributed by atoms with Gasteiger partial charge < -0.3 is 19.9 Å². The molecule has 1 N–H and O–H groups in total. The molecule has 0 amide bonds. The Bertz CT molecular complexity index is 402. The monoisotopic (exact) mass is 226 g/mol. The Kier molecular flexibility index (Phi) is 3.70. The molecule has 0 aliphatic carbocycles. The number of aryl methyl sites for hydroxylation is 1. The number of esters is 1. The molecule has 6 nitrogen and oxygen atoms in total. The number of nitrogens with zero attached hydrogens (tertiary/aromatic N) is 1. The van der Waals surface area contributed by atoms with Gasteiger partial charge in [-0.3, -0.25) is 5.21 Å². The van der Waals surface area contributed by atoms with Crippen molar-refractivity contribution < 1.29 is 19.5 Å². The van der Waals surface area contributed by atoms with Gasteiger partial charge in [0.05, 0.1) is 25.5 Å². The molecule has 0 unspecified atom stereocenters. The summed E-state index contributed by atoms with van der Waals surface area (Å²) < 4.78 is 9.45. The van der Waals surface area contributed by atoms with Crippen LogP contribution in [0.4, 0.5) is 5.69 Å². The Balaban J connectivity index is 3.33. The average molecular weight is 226 g/mol. The van der Waals surface area contributed by atoms with Crippen LogP contribution in [0, 0.1) is 12.1 Å². The van der Waals surface area contributed by atoms with Gasteiger partial charge in [-0.15, -0.1) is 0 Å². The fraction of sp³-hybridized carbons (Fsp3) is 0.300. The average Bonchev–Trinajstić information content (AvgIpc) is 2.27. The minimum absolute atomic E-state index is 0.145. The van der Waals surface area contributed by atoms with Crippen LogP contribution in [0.25, 0.3) is 0 Å². The van der Waals surface area contributed by atoms with E-state index in [4.69, 9.17) is 9.94 Å². The number of methoxy groups -OCH3 is 2. The molecule has 0 saturated heterocycles. The lowest BCUT2D eigenvalue weighted by molar-refractivity contribution is 0.0600. The number of hydrogen-bond acceptors (Lipinski definition) is 6. The highest BCUT2D eigenvalue weighted by Crippen LogP contribution is 2.30. The first kappa shape index (κ1) is 12.3. The second kappa shape index (κ2) is 4.82. The molecular weight excluding hydrogens is 214 g/mol. The van der Waals surface area contributed by atoms with E-state index in [0.717, 1.165) is 0 Å². The zero-order valence-corrected chi connectivity index (χ0v) is 9.18. The molecule has 6 heteroatoms. The van der Waals surface area contributed by atoms with E-state index in [9.17, 15) is 10.0 Å². The second-order valence-corrected chi connectivity index (χ2v) is 3.10. The molecule has 16 heavy (non-hydrogen) atoms. The van der Waals surface area contributed by atoms with Gasteiger partial charge >= 0.3 is 5.97 Å². The Morgan fingerprint density at radius 1 is 1.44 bits per heavy atom. The van der Waals surface area contributed by atoms with Gasteiger partial charge in [-0.2, -0.15) is 0 Å². The number of carbonyl (C=O) groups is 1. The Morgan fingerprint density at radius 2 is 2.06 bits per heavy atom. The maximum Gasteiger partial charge on any atom is 0.338 e. The number of hydrogen-bond donors (Lipinski definition) is 1. The SMILES string of the molecule is COC(=O)c1cc(N([O-])O)c(OC)cc1C. The number of rotatable bonds is 3. The standard InChI is InChI=1S/C10H12NO5/c1-6-4-9(15-2)8(11(13)14)5-7(6)10(12)16-3/h4-5,13H,1-3H3/q-1. The van der Waals surface area contributed by atoms with Gasteiger partial charge in [0.1, 0.15) is 5.75 Å². The van der Waals surface area contributed by atoms with Gasteiger partial charge in [0.25, 0.3) is 0 Å². The van der Waals surface area contributed by atoms with Crippen LogP contribution < -0.4 is 9.96 Å². The quantitative estimate of drug-likeness (QED) is 0.621. The van der Waals surface area contributed by atoms with Crippen LogP contribution in [-0.4, -0.2) is 25.4 Å². The number of ether oxygens (including phenoxy) is 2. The van der Waals surface area contributed by atoms with Crippen LogP contribution in [0.3, 0.4) is 0 Å². The smallest absolute Gasteiger partial charge is 0.338 e. The maximum atomic E-state index is 11.3. The summed E-state index contributed by atoms with van der Waals surface area (Å²) >= 11 is 0. The van der Waals surface area contributed by atoms with Gasteiger partial charge in [0.2, 0.25) is 0 Å². The predicted octanol–water partition coefficient (Wildman–Crippen LogP) is 1.48. The summed E-state index contributed by atoms with van der Waals surface area (Å²) in [5.74, 6) is -0.397. The molecule has 0 aliphatic heterocycles. The Morgan fingerprint density at radius 3 is 2.50 bits per heavy atom. The molecule has 0 aliphatic rings. The highest BCUT2D eigenvalue weighted by atomic mass is 16.8. The van der Waals surface area contributed by atoms with E-state index in [1.807, 2.05) is 0 Å². The summed E-state index contributed by atoms with van der Waals surface area (Å²) in [6.07, 6.45) is 0. The van der Waals surface area contributed by atoms with Crippen molar-refractivity contribution in [3.05, 3.63) is 28.5 Å². The van der Waals surface area contributed by atoms with E-state index in [-0.39, 0.29) is 22.2 Å². The molecule has 0 saturated carbocycles. The van der Waals surface area contributed by atoms with Gasteiger partial charge in [0.15, 0.2) is 0 Å². The maximum absolute atomic E-state index is 11.3. The van der Waals surface area contributed by atoms with Crippen LogP contribution in [0.15, 0.2) is 12.1 Å². The van der Waals surface area contributed by atoms with Crippen molar-refractivity contribution >= 4 is 11.7 Å². The zero-order valence-electron chi connectivity index (χ0n) is 9.18. The van der Waals surface area contributed by atoms with Crippen molar-refractivity contribution in [3.63, 3.8) is 0 Å². The first-order valence-electron chi connectivity index (χ1n) is 4.44. The van der Waals surface area contributed by atoms with Crippen LogP contribution in [0.5, 0.6) is 5.75 Å². The molecule has 0 bridgehead atoms. The minimum atomic E-state index is -0.580. The number of benzene rings is 1. The minimum Gasteiger partial charge on any atom is -0.733 e. The third-order valence-corrected chi connectivity index (χ3v) is 2.14. The van der Waals surface area contributed by atoms with Crippen LogP contribution in [-0.2, 0) is 4.74 Å². The number of anilines is 1. The fourth-order valence-corrected chi connectivity index (χ4v) is 1.31. The molecule has 0 fully saturated rings. The summed E-state index contributed by atoms with van der Waals surface area (Å²) in [5.41, 5.74) is 0.649. The molecule has 1 rings (SSSR count). The van der Waals surface area contributed by atoms with E-state index in [1.54, 1.807) is 6.92 Å². The summed E-state index contributed by atoms with van der Waals surface area (Å²) in [6, 6.07) is 2.69. The van der Waals surface area contributed by atoms with Crippen molar-refractivity contribution in [1.29, 1.82) is 0 Å². The molecule has 0 atom stereocenters. The zero-order chi connectivity index (χ0) is 12.3. The van der Waals surface area contributed by atoms with Crippen molar-refractivity contribution in [1.82, 2.24) is 0 Å². The van der Waals surface area contributed by atoms with Crippen molar-refractivity contribution in [2.45, 2.75) is 6.92 Å². The Labute approximate surface area is 92.5 Å². The second-order valence-electron chi connectivity index (χ2n) is 3.10. The molecule has 0 aromatic heterocycles. The lowest BCUT2D eigenvalue weighted by atomic mass is 10.1. The molecule has 1 aromatic rings. The van der Waals surface area contributed by atoms with E-state index < -0.39 is 5.97 Å². The van der Waals surface area contributed by atoms with E-state index >= 15 is 0 Å². The summed E-state index contributed by atoms with van der Waals surface area (Å²) in [5, 5.41) is 19.3. The molecule has 0 spiro atoms. The highest BCUT2D eigenvalue weighted by molar-refractivity contribution is 5.93. The highest BCUT2D eigenvalue weighted by Gasteiger charge is 2.14. The van der Waals surface area contributed by atoms with Crippen molar-refractivity contribution in [3.8, 4) is 5.75 Å². The van der Waals surface area contributed by atoms with Crippen molar-refractivity contribution in [2.24, 2.45) is 0 Å². The third-order valence-electron chi connectivity index (χ3n) is 2.14. The van der Waals surface area contributed by atoms with Crippen LogP contribution >= 0.6 is 0 Å². The fourth-order valence-electron chi connectivity index (χ4n) is 1.31. The van der Waals surface area contributed by atoms with Crippen molar-refractivity contribution in [2.75, 3.05) is 19.4 Å². The largest absolute Gasteiger partial charge is 0.733 e. The third kappa shape index (κ3) is 2.23. The predicted molar refractivity (Wildman–Crippen MR) is 56.7 cm³/mol.